The Balaban J connectivity index is 1.51. The molecule has 0 unspecified atom stereocenters. The number of carbonyl (C=O) groups excluding carboxylic acids is 1. The molecule has 8 nitrogen and oxygen atoms in total. The summed E-state index contributed by atoms with van der Waals surface area (Å²) in [7, 11) is 0. The van der Waals surface area contributed by atoms with E-state index in [1.165, 1.54) is 11.3 Å². The highest BCUT2D eigenvalue weighted by atomic mass is 32.1. The molecule has 0 radical (unpaired) electrons. The molecule has 5 rings (SSSR count). The van der Waals surface area contributed by atoms with E-state index in [0.29, 0.717) is 53.2 Å². The predicted molar refractivity (Wildman–Crippen MR) is 105 cm³/mol. The number of rotatable bonds is 5. The lowest BCUT2D eigenvalue weighted by Gasteiger charge is -2.17. The van der Waals surface area contributed by atoms with Crippen molar-refractivity contribution in [2.75, 3.05) is 11.9 Å². The maximum atomic E-state index is 13.0. The molecule has 2 aromatic heterocycles. The van der Waals surface area contributed by atoms with Gasteiger partial charge in [0.05, 0.1) is 12.2 Å². The third-order valence-electron chi connectivity index (χ3n) is 5.60. The molecule has 0 atom stereocenters. The van der Waals surface area contributed by atoms with Crippen molar-refractivity contribution in [2.45, 2.75) is 57.3 Å². The van der Waals surface area contributed by atoms with E-state index in [0.717, 1.165) is 49.2 Å². The van der Waals surface area contributed by atoms with Crippen LogP contribution >= 0.6 is 11.3 Å². The number of carboxylic acid groups (broad SMARTS) is 1. The Kier molecular flexibility index (Phi) is 4.61. The highest BCUT2D eigenvalue weighted by Gasteiger charge is 2.33. The van der Waals surface area contributed by atoms with Gasteiger partial charge in [-0.05, 0) is 51.4 Å². The second-order valence-electron chi connectivity index (χ2n) is 7.68. The first-order valence-corrected chi connectivity index (χ1v) is 10.8. The molecule has 29 heavy (non-hydrogen) atoms. The van der Waals surface area contributed by atoms with Gasteiger partial charge < -0.3 is 19.7 Å². The first kappa shape index (κ1) is 18.4. The summed E-state index contributed by atoms with van der Waals surface area (Å²) in [6.45, 7) is 0.631. The van der Waals surface area contributed by atoms with Crippen LogP contribution < -0.4 is 10.1 Å². The number of nitrogens with zero attached hydrogens (tertiary/aromatic N) is 2. The van der Waals surface area contributed by atoms with Crippen molar-refractivity contribution in [1.29, 1.82) is 0 Å². The first-order valence-electron chi connectivity index (χ1n) is 10.0. The quantitative estimate of drug-likeness (QED) is 0.761. The van der Waals surface area contributed by atoms with Gasteiger partial charge in [0.2, 0.25) is 0 Å². The van der Waals surface area contributed by atoms with Crippen molar-refractivity contribution in [3.63, 3.8) is 0 Å². The van der Waals surface area contributed by atoms with Gasteiger partial charge in [0.1, 0.15) is 5.00 Å². The second kappa shape index (κ2) is 7.29. The van der Waals surface area contributed by atoms with Crippen LogP contribution in [-0.2, 0) is 16.0 Å². The molecule has 1 fully saturated rings. The largest absolute Gasteiger partial charge is 0.484 e. The number of hydrogen-bond donors (Lipinski definition) is 2. The minimum atomic E-state index is -1.02. The Morgan fingerprint density at radius 2 is 1.90 bits per heavy atom. The molecule has 1 saturated carbocycles. The van der Waals surface area contributed by atoms with Gasteiger partial charge in [0.25, 0.3) is 11.8 Å². The number of ether oxygens (including phenoxy) is 1. The number of carbonyl (C=O) groups is 2. The molecule has 2 N–H and O–H groups in total. The zero-order chi connectivity index (χ0) is 20.0. The van der Waals surface area contributed by atoms with E-state index in [1.54, 1.807) is 0 Å². The van der Waals surface area contributed by atoms with Gasteiger partial charge in [0, 0.05) is 22.6 Å². The summed E-state index contributed by atoms with van der Waals surface area (Å²) in [6.07, 6.45) is 6.31. The van der Waals surface area contributed by atoms with Crippen LogP contribution in [0.5, 0.6) is 5.06 Å². The molecule has 0 aromatic carbocycles. The average molecular weight is 415 g/mol. The van der Waals surface area contributed by atoms with E-state index in [1.807, 2.05) is 0 Å². The average Bonchev–Trinajstić information content (AvgIpc) is 3.35. The third-order valence-corrected chi connectivity index (χ3v) is 6.66. The number of carboxylic acids is 1. The Morgan fingerprint density at radius 1 is 1.10 bits per heavy atom. The Morgan fingerprint density at radius 3 is 2.66 bits per heavy atom. The minimum Gasteiger partial charge on any atom is -0.484 e. The normalized spacial score (nSPS) is 18.9. The van der Waals surface area contributed by atoms with E-state index in [4.69, 9.17) is 9.26 Å². The summed E-state index contributed by atoms with van der Waals surface area (Å²) in [6, 6.07) is 0. The molecule has 1 amide bonds. The number of hydrogen-bond acceptors (Lipinski definition) is 7. The summed E-state index contributed by atoms with van der Waals surface area (Å²) in [4.78, 5) is 29.1. The lowest BCUT2D eigenvalue weighted by atomic mass is 9.91. The van der Waals surface area contributed by atoms with Gasteiger partial charge in [-0.15, -0.1) is 0 Å². The number of aliphatic carboxylic acids is 1. The number of thiophene rings is 1. The van der Waals surface area contributed by atoms with Crippen LogP contribution in [0.25, 0.3) is 11.5 Å². The van der Waals surface area contributed by atoms with Crippen LogP contribution in [0.2, 0.25) is 0 Å². The van der Waals surface area contributed by atoms with Crippen molar-refractivity contribution in [3.05, 3.63) is 22.5 Å². The van der Waals surface area contributed by atoms with Crippen molar-refractivity contribution in [3.8, 4) is 16.5 Å². The lowest BCUT2D eigenvalue weighted by molar-refractivity contribution is -0.133. The van der Waals surface area contributed by atoms with Crippen LogP contribution in [0.15, 0.2) is 15.7 Å². The maximum Gasteiger partial charge on any atom is 0.332 e. The number of nitrogens with one attached hydrogen (secondary N) is 1. The number of aromatic nitrogens is 2. The van der Waals surface area contributed by atoms with Crippen LogP contribution in [0.1, 0.15) is 62.3 Å². The van der Waals surface area contributed by atoms with Gasteiger partial charge in [-0.3, -0.25) is 4.79 Å². The zero-order valence-electron chi connectivity index (χ0n) is 15.8. The molecule has 0 spiro atoms. The predicted octanol–water partition coefficient (Wildman–Crippen LogP) is 3.89. The Bertz CT molecular complexity index is 1020. The standard InChI is InChI=1S/C20H21N3O5S/c24-16(11-4-1-2-5-12(11)19(25)26)22-18-14(13-6-3-9-27-20(13)29-18)17-21-15(23-28-17)10-7-8-10/h10H,1-9H2,(H,22,24)(H,25,26). The Labute approximate surface area is 170 Å². The molecule has 2 aliphatic carbocycles. The van der Waals surface area contributed by atoms with Crippen molar-refractivity contribution in [1.82, 2.24) is 10.1 Å². The van der Waals surface area contributed by atoms with Gasteiger partial charge >= 0.3 is 5.97 Å². The lowest BCUT2D eigenvalue weighted by Crippen LogP contribution is -2.21. The summed E-state index contributed by atoms with van der Waals surface area (Å²) in [5.74, 6) is 0.0684. The van der Waals surface area contributed by atoms with Gasteiger partial charge in [-0.25, -0.2) is 4.79 Å². The highest BCUT2D eigenvalue weighted by molar-refractivity contribution is 7.19. The van der Waals surface area contributed by atoms with E-state index >= 15 is 0 Å². The van der Waals surface area contributed by atoms with E-state index in [-0.39, 0.29) is 11.5 Å². The monoisotopic (exact) mass is 415 g/mol. The molecule has 0 saturated heterocycles. The highest BCUT2D eigenvalue weighted by Crippen LogP contribution is 2.48. The van der Waals surface area contributed by atoms with Crippen LogP contribution in [0.3, 0.4) is 0 Å². The fraction of sp³-hybridized carbons (Fsp3) is 0.500. The molecule has 152 valence electrons. The maximum absolute atomic E-state index is 13.0. The molecule has 1 aliphatic heterocycles. The fourth-order valence-electron chi connectivity index (χ4n) is 3.93. The van der Waals surface area contributed by atoms with Crippen molar-refractivity contribution in [2.24, 2.45) is 0 Å². The van der Waals surface area contributed by atoms with Gasteiger partial charge in [-0.1, -0.05) is 16.5 Å². The van der Waals surface area contributed by atoms with Crippen LogP contribution in [0.4, 0.5) is 5.00 Å². The second-order valence-corrected chi connectivity index (χ2v) is 8.66. The van der Waals surface area contributed by atoms with Crippen molar-refractivity contribution < 1.29 is 24.0 Å². The minimum absolute atomic E-state index is 0.210. The van der Waals surface area contributed by atoms with Gasteiger partial charge in [-0.2, -0.15) is 4.98 Å². The zero-order valence-corrected chi connectivity index (χ0v) is 16.6. The molecule has 0 bridgehead atoms. The SMILES string of the molecule is O=C(O)C1=C(C(=O)Nc2sc3c(c2-c2nc(C4CC4)no2)CCCO3)CCCC1. The molecule has 9 heteroatoms. The molecular formula is C20H21N3O5S. The number of fused-ring (bicyclic) bond motifs is 1. The van der Waals surface area contributed by atoms with Crippen LogP contribution in [0, 0.1) is 0 Å². The van der Waals surface area contributed by atoms with E-state index < -0.39 is 5.97 Å². The summed E-state index contributed by atoms with van der Waals surface area (Å²) in [5, 5.41) is 17.8. The fourth-order valence-corrected chi connectivity index (χ4v) is 5.04. The van der Waals surface area contributed by atoms with Crippen molar-refractivity contribution >= 4 is 28.2 Å². The molecule has 3 aliphatic rings. The molecule has 2 aromatic rings. The summed E-state index contributed by atoms with van der Waals surface area (Å²) >= 11 is 1.34. The molecule has 3 heterocycles. The summed E-state index contributed by atoms with van der Waals surface area (Å²) in [5.41, 5.74) is 2.25. The summed E-state index contributed by atoms with van der Waals surface area (Å²) < 4.78 is 11.3. The van der Waals surface area contributed by atoms with E-state index in [9.17, 15) is 14.7 Å². The van der Waals surface area contributed by atoms with Crippen LogP contribution in [-0.4, -0.2) is 33.7 Å². The molecular weight excluding hydrogens is 394 g/mol. The van der Waals surface area contributed by atoms with Gasteiger partial charge in [0.15, 0.2) is 10.9 Å². The smallest absolute Gasteiger partial charge is 0.332 e. The third kappa shape index (κ3) is 3.43. The van der Waals surface area contributed by atoms with E-state index in [2.05, 4.69) is 15.5 Å². The Hall–Kier alpha value is -2.68. The number of anilines is 1. The topological polar surface area (TPSA) is 115 Å². The number of amides is 1. The first-order chi connectivity index (χ1) is 14.1.